The Morgan fingerprint density at radius 3 is 2.00 bits per heavy atom. The van der Waals surface area contributed by atoms with Gasteiger partial charge in [-0.3, -0.25) is 0 Å². The largest absolute Gasteiger partial charge is 0.0764 e. The van der Waals surface area contributed by atoms with Crippen LogP contribution in [0.1, 0.15) is 20.8 Å². The van der Waals surface area contributed by atoms with Gasteiger partial charge in [-0.1, -0.05) is 39.0 Å². The molecule has 0 aromatic carbocycles. The summed E-state index contributed by atoms with van der Waals surface area (Å²) in [5.74, 6) is 0. The van der Waals surface area contributed by atoms with E-state index < -0.39 is 0 Å². The van der Waals surface area contributed by atoms with E-state index >= 15 is 0 Å². The first kappa shape index (κ1) is 10.4. The monoisotopic (exact) mass is 211 g/mol. The molecule has 0 unspecified atom stereocenters. The minimum absolute atomic E-state index is 0. The summed E-state index contributed by atoms with van der Waals surface area (Å²) in [4.78, 5) is 0. The zero-order chi connectivity index (χ0) is 6.91. The van der Waals surface area contributed by atoms with E-state index in [2.05, 4.69) is 45.4 Å². The number of hydrogen-bond donors (Lipinski definition) is 0. The topological polar surface area (TPSA) is 0 Å². The third-order valence-corrected chi connectivity index (χ3v) is 1.53. The molecule has 0 amide bonds. The van der Waals surface area contributed by atoms with Crippen LogP contribution in [0.3, 0.4) is 0 Å². The van der Waals surface area contributed by atoms with E-state index in [1.54, 1.807) is 0 Å². The summed E-state index contributed by atoms with van der Waals surface area (Å²) in [6.07, 6.45) is 8.50. The molecular weight excluding hydrogens is 199 g/mol. The van der Waals surface area contributed by atoms with Gasteiger partial charge in [-0.2, -0.15) is 0 Å². The van der Waals surface area contributed by atoms with E-state index in [1.165, 1.54) is 5.57 Å². The van der Waals surface area contributed by atoms with Crippen molar-refractivity contribution in [2.24, 2.45) is 5.41 Å². The van der Waals surface area contributed by atoms with Crippen LogP contribution < -0.4 is 0 Å². The number of hydrogen-bond acceptors (Lipinski definition) is 0. The van der Waals surface area contributed by atoms with Crippen molar-refractivity contribution < 1.29 is 26.2 Å². The van der Waals surface area contributed by atoms with Crippen molar-refractivity contribution >= 4 is 0 Å². The molecule has 1 heteroatoms. The molecule has 1 aliphatic carbocycles. The second-order valence-corrected chi connectivity index (χ2v) is 3.42. The first-order valence-electron chi connectivity index (χ1n) is 3.33. The summed E-state index contributed by atoms with van der Waals surface area (Å²) in [6, 6.07) is 0. The minimum atomic E-state index is 0. The maximum atomic E-state index is 2.22. The molecule has 0 aliphatic heterocycles. The fraction of sp³-hybridized carbons (Fsp3) is 0.444. The van der Waals surface area contributed by atoms with Gasteiger partial charge in [0.25, 0.3) is 0 Å². The predicted molar refractivity (Wildman–Crippen MR) is 41.0 cm³/mol. The standard InChI is InChI=1S/C9H13.Zr/c1-9(2,3)8-6-4-5-7-8;/h4-7H,1-3H3;. The van der Waals surface area contributed by atoms with Crippen molar-refractivity contribution in [3.05, 3.63) is 30.2 Å². The summed E-state index contributed by atoms with van der Waals surface area (Å²) in [5, 5.41) is 0. The first-order chi connectivity index (χ1) is 4.11. The Kier molecular flexibility index (Phi) is 3.80. The van der Waals surface area contributed by atoms with E-state index in [1.807, 2.05) is 0 Å². The molecular formula is C9H13Zr. The van der Waals surface area contributed by atoms with Crippen LogP contribution in [-0.4, -0.2) is 0 Å². The fourth-order valence-electron chi connectivity index (χ4n) is 0.874. The maximum Gasteiger partial charge on any atom is 0.00537 e. The smallest absolute Gasteiger partial charge is 0.00537 e. The average Bonchev–Trinajstić information content (AvgIpc) is 2.08. The van der Waals surface area contributed by atoms with E-state index in [0.29, 0.717) is 5.41 Å². The van der Waals surface area contributed by atoms with Crippen LogP contribution in [0.2, 0.25) is 0 Å². The molecule has 0 fully saturated rings. The van der Waals surface area contributed by atoms with Gasteiger partial charge < -0.3 is 0 Å². The molecule has 0 N–H and O–H groups in total. The van der Waals surface area contributed by atoms with Gasteiger partial charge in [-0.25, -0.2) is 0 Å². The Morgan fingerprint density at radius 1 is 1.20 bits per heavy atom. The van der Waals surface area contributed by atoms with Crippen LogP contribution in [0, 0.1) is 11.8 Å². The van der Waals surface area contributed by atoms with Crippen LogP contribution in [0.25, 0.3) is 0 Å². The van der Waals surface area contributed by atoms with Crippen molar-refractivity contribution in [2.45, 2.75) is 20.8 Å². The van der Waals surface area contributed by atoms with Gasteiger partial charge in [0.1, 0.15) is 0 Å². The van der Waals surface area contributed by atoms with Crippen LogP contribution in [0.4, 0.5) is 0 Å². The fourth-order valence-corrected chi connectivity index (χ4v) is 0.874. The predicted octanol–water partition coefficient (Wildman–Crippen LogP) is 2.73. The molecule has 0 spiro atoms. The van der Waals surface area contributed by atoms with Crippen molar-refractivity contribution in [1.82, 2.24) is 0 Å². The minimum Gasteiger partial charge on any atom is -0.0764 e. The molecule has 0 bridgehead atoms. The summed E-state index contributed by atoms with van der Waals surface area (Å²) >= 11 is 0. The van der Waals surface area contributed by atoms with Crippen LogP contribution in [-0.2, 0) is 26.2 Å². The summed E-state index contributed by atoms with van der Waals surface area (Å²) < 4.78 is 0. The molecule has 1 radical (unpaired) electrons. The molecule has 0 saturated carbocycles. The van der Waals surface area contributed by atoms with Gasteiger partial charge in [-0.15, -0.1) is 0 Å². The molecule has 1 aliphatic rings. The SMILES string of the molecule is CC(C)(C)C1=C[CH]C=C1.[Zr]. The van der Waals surface area contributed by atoms with Crippen LogP contribution in [0.5, 0.6) is 0 Å². The average molecular weight is 212 g/mol. The molecule has 53 valence electrons. The molecule has 0 saturated heterocycles. The number of rotatable bonds is 0. The van der Waals surface area contributed by atoms with Crippen LogP contribution >= 0.6 is 0 Å². The van der Waals surface area contributed by atoms with E-state index in [9.17, 15) is 0 Å². The molecule has 0 nitrogen and oxygen atoms in total. The van der Waals surface area contributed by atoms with Gasteiger partial charge >= 0.3 is 0 Å². The normalized spacial score (nSPS) is 16.5. The Balaban J connectivity index is 0.000000810. The zero-order valence-electron chi connectivity index (χ0n) is 6.81. The zero-order valence-corrected chi connectivity index (χ0v) is 9.27. The van der Waals surface area contributed by atoms with Gasteiger partial charge in [-0.05, 0) is 11.0 Å². The third-order valence-electron chi connectivity index (χ3n) is 1.53. The van der Waals surface area contributed by atoms with Gasteiger partial charge in [0, 0.05) is 32.6 Å². The second-order valence-electron chi connectivity index (χ2n) is 3.42. The Morgan fingerprint density at radius 2 is 1.80 bits per heavy atom. The van der Waals surface area contributed by atoms with Crippen molar-refractivity contribution in [3.8, 4) is 0 Å². The van der Waals surface area contributed by atoms with E-state index in [-0.39, 0.29) is 26.2 Å². The molecule has 1 rings (SSSR count). The second kappa shape index (κ2) is 3.67. The molecule has 0 aromatic rings. The number of allylic oxidation sites excluding steroid dienone is 4. The quantitative estimate of drug-likeness (QED) is 0.579. The summed E-state index contributed by atoms with van der Waals surface area (Å²) in [7, 11) is 0. The summed E-state index contributed by atoms with van der Waals surface area (Å²) in [6.45, 7) is 6.67. The van der Waals surface area contributed by atoms with Crippen LogP contribution in [0.15, 0.2) is 23.8 Å². The summed E-state index contributed by atoms with van der Waals surface area (Å²) in [5.41, 5.74) is 1.74. The Bertz CT molecular complexity index is 158. The maximum absolute atomic E-state index is 2.22. The molecule has 0 aromatic heterocycles. The molecule has 0 atom stereocenters. The van der Waals surface area contributed by atoms with Gasteiger partial charge in [0.15, 0.2) is 0 Å². The first-order valence-corrected chi connectivity index (χ1v) is 3.33. The van der Waals surface area contributed by atoms with E-state index in [0.717, 1.165) is 0 Å². The van der Waals surface area contributed by atoms with Gasteiger partial charge in [0.05, 0.1) is 0 Å². The molecule has 10 heavy (non-hydrogen) atoms. The van der Waals surface area contributed by atoms with Crippen molar-refractivity contribution in [1.29, 1.82) is 0 Å². The Labute approximate surface area is 82.5 Å². The molecule has 0 heterocycles. The Hall–Kier alpha value is 0.363. The van der Waals surface area contributed by atoms with Crippen molar-refractivity contribution in [3.63, 3.8) is 0 Å². The van der Waals surface area contributed by atoms with Gasteiger partial charge in [0.2, 0.25) is 0 Å². The van der Waals surface area contributed by atoms with Crippen molar-refractivity contribution in [2.75, 3.05) is 0 Å². The van der Waals surface area contributed by atoms with E-state index in [4.69, 9.17) is 0 Å². The third kappa shape index (κ3) is 2.54.